The Balaban J connectivity index is 0.000000119. The summed E-state index contributed by atoms with van der Waals surface area (Å²) in [5, 5.41) is 31.1. The van der Waals surface area contributed by atoms with Crippen LogP contribution in [-0.2, 0) is 55.0 Å². The lowest BCUT2D eigenvalue weighted by Crippen LogP contribution is -2.39. The van der Waals surface area contributed by atoms with Gasteiger partial charge in [0.25, 0.3) is 11.1 Å². The number of imidazole rings is 3. The van der Waals surface area contributed by atoms with Gasteiger partial charge in [-0.25, -0.2) is 38.6 Å². The minimum Gasteiger partial charge on any atom is -0.386 e. The Kier molecular flexibility index (Phi) is 11.6. The van der Waals surface area contributed by atoms with Crippen LogP contribution in [0.3, 0.4) is 0 Å². The Morgan fingerprint density at radius 3 is 1.28 bits per heavy atom. The minimum atomic E-state index is -4.22. The topological polar surface area (TPSA) is 504 Å². The highest BCUT2D eigenvalue weighted by molar-refractivity contribution is 7.48. The molecule has 6 aromatic rings. The number of fused-ring (bicyclic) bond motifs is 6. The van der Waals surface area contributed by atoms with Gasteiger partial charge in [-0.15, -0.1) is 0 Å². The molecule has 0 spiro atoms. The van der Waals surface area contributed by atoms with Crippen LogP contribution < -0.4 is 28.3 Å². The fourth-order valence-corrected chi connectivity index (χ4v) is 10.9. The van der Waals surface area contributed by atoms with Crippen LogP contribution in [0, 0.1) is 0 Å². The molecule has 6 fully saturated rings. The van der Waals surface area contributed by atoms with Crippen molar-refractivity contribution < 1.29 is 85.0 Å². The maximum atomic E-state index is 11.8. The highest BCUT2D eigenvalue weighted by atomic mass is 31.2. The second-order valence-corrected chi connectivity index (χ2v) is 19.5. The standard InChI is InChI=1S/2C10H12N5O7P.C10H12N5O6P/c2*11-10-13-7-4(8(17)14-10)12-2-15(7)9-5(16)6-3(21-9)1-20-23(18,19)22-6;11-8-5-9(13-2-12-8)15(3-14-5)10-6(16)7-4(20-10)1-19-22(17,18)21-7/h2*2-3,5-6,9,16H,1H2,(H,18,19)(H3,11,13,14,17);2-4,6-7,10,16H,1H2,(H,17,18)(H2,11,12,13)/t2*3-,5-,6-,9-;4-,6-,7-,10-/m111/s1. The van der Waals surface area contributed by atoms with E-state index in [-0.39, 0.29) is 59.9 Å². The predicted octanol–water partition coefficient (Wildman–Crippen LogP) is -3.87. The minimum absolute atomic E-state index is 0.0230. The van der Waals surface area contributed by atoms with Gasteiger partial charge in [-0.1, -0.05) is 0 Å². The first-order valence-corrected chi connectivity index (χ1v) is 24.0. The van der Waals surface area contributed by atoms with Crippen molar-refractivity contribution in [3.63, 3.8) is 0 Å². The molecule has 14 N–H and O–H groups in total. The van der Waals surface area contributed by atoms with Gasteiger partial charge in [-0.05, 0) is 0 Å². The third-order valence-electron chi connectivity index (χ3n) is 11.0. The molecule has 38 heteroatoms. The molecule has 6 saturated heterocycles. The lowest BCUT2D eigenvalue weighted by atomic mass is 10.1. The average molecular weight is 1020 g/mol. The molecule has 12 heterocycles. The van der Waals surface area contributed by atoms with Gasteiger partial charge in [0.1, 0.15) is 66.8 Å². The molecule has 15 atom stereocenters. The molecule has 12 rings (SSSR count). The zero-order valence-electron chi connectivity index (χ0n) is 33.8. The first kappa shape index (κ1) is 46.5. The molecule has 0 bridgehead atoms. The van der Waals surface area contributed by atoms with Crippen LogP contribution in [0.2, 0.25) is 0 Å². The molecule has 0 aliphatic carbocycles. The smallest absolute Gasteiger partial charge is 0.386 e. The van der Waals surface area contributed by atoms with E-state index in [1.807, 2.05) is 0 Å². The number of phosphoric ester groups is 3. The van der Waals surface area contributed by atoms with Gasteiger partial charge in [0.05, 0.1) is 38.8 Å². The van der Waals surface area contributed by atoms with Crippen molar-refractivity contribution in [2.24, 2.45) is 0 Å². The highest BCUT2D eigenvalue weighted by Gasteiger charge is 2.55. The summed E-state index contributed by atoms with van der Waals surface area (Å²) in [6, 6.07) is 0. The number of nitrogens with zero attached hydrogens (tertiary/aromatic N) is 10. The SMILES string of the molecule is Nc1nc2c(ncn2[C@@H]2O[C@@H]3COP(=O)(O)O[C@H]3[C@H]2O)c(=O)[nH]1.Nc1nc2c(ncn2[C@@H]2O[C@@H]3COP(=O)(O)O[C@H]3[C@H]2O)c(=O)[nH]1.Nc1ncnc2c1ncn2[C@@H]1O[C@@H]2COP(=O)(O)O[C@H]2[C@H]1O. The number of aliphatic hydroxyl groups excluding tert-OH is 3. The van der Waals surface area contributed by atoms with Gasteiger partial charge in [0.2, 0.25) is 11.9 Å². The summed E-state index contributed by atoms with van der Waals surface area (Å²) in [4.78, 5) is 84.0. The number of rotatable bonds is 3. The van der Waals surface area contributed by atoms with Crippen molar-refractivity contribution in [3.8, 4) is 0 Å². The number of nitrogens with one attached hydrogen (secondary N) is 2. The molecule has 6 aromatic heterocycles. The van der Waals surface area contributed by atoms with Crippen LogP contribution in [0.25, 0.3) is 33.5 Å². The molecule has 0 radical (unpaired) electrons. The molecule has 3 unspecified atom stereocenters. The number of aromatic nitrogens is 12. The van der Waals surface area contributed by atoms with Gasteiger partial charge in [-0.2, -0.15) is 9.97 Å². The third-order valence-corrected chi connectivity index (χ3v) is 14.0. The summed E-state index contributed by atoms with van der Waals surface area (Å²) in [5.74, 6) is -0.0321. The lowest BCUT2D eigenvalue weighted by Gasteiger charge is -2.27. The molecule has 6 aliphatic heterocycles. The van der Waals surface area contributed by atoms with Gasteiger partial charge in [0.15, 0.2) is 52.5 Å². The fraction of sp³-hybridized carbons (Fsp3) is 0.500. The Morgan fingerprint density at radius 1 is 0.544 bits per heavy atom. The van der Waals surface area contributed by atoms with Crippen molar-refractivity contribution in [3.05, 3.63) is 46.0 Å². The first-order valence-electron chi connectivity index (χ1n) is 19.5. The number of hydrogen-bond acceptors (Lipinski definition) is 27. The van der Waals surface area contributed by atoms with Gasteiger partial charge >= 0.3 is 23.5 Å². The molecular weight excluding hydrogens is 983 g/mol. The summed E-state index contributed by atoms with van der Waals surface area (Å²) >= 11 is 0. The lowest BCUT2D eigenvalue weighted by molar-refractivity contribution is -0.0665. The van der Waals surface area contributed by atoms with E-state index in [0.717, 1.165) is 0 Å². The van der Waals surface area contributed by atoms with E-state index in [2.05, 4.69) is 58.4 Å². The summed E-state index contributed by atoms with van der Waals surface area (Å²) in [7, 11) is -12.6. The van der Waals surface area contributed by atoms with Gasteiger partial charge in [-0.3, -0.25) is 60.4 Å². The van der Waals surface area contributed by atoms with Crippen molar-refractivity contribution in [1.29, 1.82) is 0 Å². The summed E-state index contributed by atoms with van der Waals surface area (Å²) in [6.45, 7) is -0.584. The van der Waals surface area contributed by atoms with E-state index >= 15 is 0 Å². The van der Waals surface area contributed by atoms with E-state index in [1.54, 1.807) is 0 Å². The number of ether oxygens (including phenoxy) is 3. The normalized spacial score (nSPS) is 37.5. The number of aromatic amines is 2. The Hall–Kier alpha value is -5.26. The van der Waals surface area contributed by atoms with Crippen LogP contribution in [0.5, 0.6) is 0 Å². The Bertz CT molecular complexity index is 3060. The average Bonchev–Trinajstić information content (AvgIpc) is 4.13. The van der Waals surface area contributed by atoms with Crippen LogP contribution in [0.1, 0.15) is 18.7 Å². The molecule has 0 aromatic carbocycles. The molecule has 0 saturated carbocycles. The van der Waals surface area contributed by atoms with Crippen LogP contribution >= 0.6 is 23.5 Å². The van der Waals surface area contributed by atoms with Crippen LogP contribution in [-0.4, -0.2) is 163 Å². The largest absolute Gasteiger partial charge is 0.472 e. The summed E-state index contributed by atoms with van der Waals surface area (Å²) in [6.07, 6.45) is -6.77. The number of phosphoric acid groups is 3. The number of anilines is 3. The van der Waals surface area contributed by atoms with Crippen molar-refractivity contribution in [2.75, 3.05) is 37.0 Å². The zero-order valence-corrected chi connectivity index (χ0v) is 36.5. The number of H-pyrrole nitrogens is 2. The van der Waals surface area contributed by atoms with E-state index in [0.29, 0.717) is 11.2 Å². The zero-order chi connectivity index (χ0) is 48.2. The summed E-state index contributed by atoms with van der Waals surface area (Å²) < 4.78 is 84.0. The van der Waals surface area contributed by atoms with E-state index in [4.69, 9.17) is 45.0 Å². The third kappa shape index (κ3) is 8.39. The number of hydrogen-bond donors (Lipinski definition) is 11. The van der Waals surface area contributed by atoms with Crippen molar-refractivity contribution in [1.82, 2.24) is 58.6 Å². The molecular formula is C30H36N15O20P3. The van der Waals surface area contributed by atoms with E-state index in [1.165, 1.54) is 39.0 Å². The van der Waals surface area contributed by atoms with Crippen molar-refractivity contribution in [2.45, 2.75) is 73.6 Å². The monoisotopic (exact) mass is 1020 g/mol. The molecule has 35 nitrogen and oxygen atoms in total. The van der Waals surface area contributed by atoms with Gasteiger partial charge < -0.3 is 61.4 Å². The number of aliphatic hydroxyl groups is 3. The summed E-state index contributed by atoms with van der Waals surface area (Å²) in [5.41, 5.74) is 16.7. The highest BCUT2D eigenvalue weighted by Crippen LogP contribution is 2.55. The van der Waals surface area contributed by atoms with Crippen LogP contribution in [0.15, 0.2) is 34.9 Å². The van der Waals surface area contributed by atoms with Crippen molar-refractivity contribution >= 4 is 74.7 Å². The Labute approximate surface area is 374 Å². The second-order valence-electron chi connectivity index (χ2n) is 15.3. The molecule has 68 heavy (non-hydrogen) atoms. The molecule has 0 amide bonds. The fourth-order valence-electron chi connectivity index (χ4n) is 8.01. The number of nitrogens with two attached hydrogens (primary N) is 3. The maximum absolute atomic E-state index is 11.8. The predicted molar refractivity (Wildman–Crippen MR) is 217 cm³/mol. The van der Waals surface area contributed by atoms with E-state index in [9.17, 15) is 53.3 Å². The van der Waals surface area contributed by atoms with E-state index < -0.39 is 108 Å². The van der Waals surface area contributed by atoms with Gasteiger partial charge in [0, 0.05) is 0 Å². The van der Waals surface area contributed by atoms with Crippen LogP contribution in [0.4, 0.5) is 17.7 Å². The first-order chi connectivity index (χ1) is 32.2. The quantitative estimate of drug-likeness (QED) is 0.0756. The maximum Gasteiger partial charge on any atom is 0.472 e. The molecule has 6 aliphatic rings. The molecule has 366 valence electrons. The Morgan fingerprint density at radius 2 is 0.897 bits per heavy atom. The number of nitrogen functional groups attached to an aromatic ring is 3. The second kappa shape index (κ2) is 17.0.